The standard InChI is InChI=1S/C17H18N2O/c1-2-5-15(6-3-1)13-19-9-8-16(14-19)11-18-12-17-7-4-10-20-17/h1-10,14,18H,11-13H2. The van der Waals surface area contributed by atoms with E-state index >= 15 is 0 Å². The molecule has 0 radical (unpaired) electrons. The number of nitrogens with one attached hydrogen (secondary N) is 1. The molecule has 2 aromatic heterocycles. The van der Waals surface area contributed by atoms with Crippen molar-refractivity contribution in [1.82, 2.24) is 9.88 Å². The van der Waals surface area contributed by atoms with Crippen LogP contribution in [0, 0.1) is 0 Å². The first-order valence-corrected chi connectivity index (χ1v) is 6.82. The molecule has 0 fully saturated rings. The smallest absolute Gasteiger partial charge is 0.117 e. The van der Waals surface area contributed by atoms with Gasteiger partial charge in [0.05, 0.1) is 12.8 Å². The van der Waals surface area contributed by atoms with Gasteiger partial charge in [0.15, 0.2) is 0 Å². The SMILES string of the molecule is c1ccc(Cn2ccc(CNCc3ccco3)c2)cc1. The molecular formula is C17H18N2O. The molecule has 1 N–H and O–H groups in total. The van der Waals surface area contributed by atoms with E-state index in [2.05, 4.69) is 52.6 Å². The first-order valence-electron chi connectivity index (χ1n) is 6.82. The van der Waals surface area contributed by atoms with Crippen molar-refractivity contribution in [3.8, 4) is 0 Å². The molecule has 20 heavy (non-hydrogen) atoms. The van der Waals surface area contributed by atoms with Crippen LogP contribution >= 0.6 is 0 Å². The maximum Gasteiger partial charge on any atom is 0.117 e. The summed E-state index contributed by atoms with van der Waals surface area (Å²) >= 11 is 0. The van der Waals surface area contributed by atoms with Crippen LogP contribution in [0.4, 0.5) is 0 Å². The molecule has 3 heteroatoms. The Morgan fingerprint density at radius 3 is 2.60 bits per heavy atom. The van der Waals surface area contributed by atoms with Gasteiger partial charge >= 0.3 is 0 Å². The van der Waals surface area contributed by atoms with Gasteiger partial charge in [-0.25, -0.2) is 0 Å². The number of aromatic nitrogens is 1. The van der Waals surface area contributed by atoms with Crippen molar-refractivity contribution in [3.63, 3.8) is 0 Å². The van der Waals surface area contributed by atoms with Crippen LogP contribution in [0.25, 0.3) is 0 Å². The maximum absolute atomic E-state index is 5.29. The van der Waals surface area contributed by atoms with E-state index in [9.17, 15) is 0 Å². The predicted molar refractivity (Wildman–Crippen MR) is 79.2 cm³/mol. The van der Waals surface area contributed by atoms with E-state index in [0.717, 1.165) is 25.4 Å². The Morgan fingerprint density at radius 1 is 0.900 bits per heavy atom. The third-order valence-corrected chi connectivity index (χ3v) is 3.23. The molecule has 0 saturated heterocycles. The molecule has 0 aliphatic heterocycles. The Kier molecular flexibility index (Phi) is 3.99. The van der Waals surface area contributed by atoms with Gasteiger partial charge in [0.2, 0.25) is 0 Å². The van der Waals surface area contributed by atoms with Gasteiger partial charge < -0.3 is 14.3 Å². The molecule has 1 aromatic carbocycles. The van der Waals surface area contributed by atoms with E-state index in [1.165, 1.54) is 11.1 Å². The van der Waals surface area contributed by atoms with E-state index in [0.29, 0.717) is 0 Å². The normalized spacial score (nSPS) is 10.8. The number of nitrogens with zero attached hydrogens (tertiary/aromatic N) is 1. The lowest BCUT2D eigenvalue weighted by Crippen LogP contribution is -2.11. The topological polar surface area (TPSA) is 30.1 Å². The molecule has 102 valence electrons. The van der Waals surface area contributed by atoms with Gasteiger partial charge in [0, 0.05) is 25.5 Å². The zero-order valence-electron chi connectivity index (χ0n) is 11.3. The highest BCUT2D eigenvalue weighted by Crippen LogP contribution is 2.07. The van der Waals surface area contributed by atoms with E-state index < -0.39 is 0 Å². The van der Waals surface area contributed by atoms with Gasteiger partial charge in [-0.05, 0) is 29.3 Å². The molecule has 2 heterocycles. The van der Waals surface area contributed by atoms with Crippen molar-refractivity contribution < 1.29 is 4.42 Å². The lowest BCUT2D eigenvalue weighted by molar-refractivity contribution is 0.483. The Labute approximate surface area is 118 Å². The summed E-state index contributed by atoms with van der Waals surface area (Å²) in [5.41, 5.74) is 2.60. The van der Waals surface area contributed by atoms with E-state index in [-0.39, 0.29) is 0 Å². The zero-order valence-corrected chi connectivity index (χ0v) is 11.3. The van der Waals surface area contributed by atoms with Crippen molar-refractivity contribution in [2.24, 2.45) is 0 Å². The minimum absolute atomic E-state index is 0.761. The highest BCUT2D eigenvalue weighted by Gasteiger charge is 1.99. The van der Waals surface area contributed by atoms with Crippen LogP contribution in [0.5, 0.6) is 0 Å². The first-order chi connectivity index (χ1) is 9.90. The van der Waals surface area contributed by atoms with E-state index in [1.54, 1.807) is 6.26 Å². The summed E-state index contributed by atoms with van der Waals surface area (Å²) in [7, 11) is 0. The molecule has 3 nitrogen and oxygen atoms in total. The summed E-state index contributed by atoms with van der Waals surface area (Å²) in [5.74, 6) is 0.966. The van der Waals surface area contributed by atoms with Gasteiger partial charge in [-0.15, -0.1) is 0 Å². The third-order valence-electron chi connectivity index (χ3n) is 3.23. The van der Waals surface area contributed by atoms with Crippen LogP contribution in [0.3, 0.4) is 0 Å². The second-order valence-electron chi connectivity index (χ2n) is 4.86. The van der Waals surface area contributed by atoms with Crippen molar-refractivity contribution in [2.75, 3.05) is 0 Å². The zero-order chi connectivity index (χ0) is 13.6. The fraction of sp³-hybridized carbons (Fsp3) is 0.176. The molecule has 0 bridgehead atoms. The highest BCUT2D eigenvalue weighted by molar-refractivity contribution is 5.17. The molecule has 0 spiro atoms. The Morgan fingerprint density at radius 2 is 1.80 bits per heavy atom. The first kappa shape index (κ1) is 12.8. The van der Waals surface area contributed by atoms with E-state index in [4.69, 9.17) is 4.42 Å². The molecule has 0 unspecified atom stereocenters. The van der Waals surface area contributed by atoms with Gasteiger partial charge in [-0.3, -0.25) is 0 Å². The van der Waals surface area contributed by atoms with Crippen LogP contribution in [-0.4, -0.2) is 4.57 Å². The van der Waals surface area contributed by atoms with Gasteiger partial charge in [-0.2, -0.15) is 0 Å². The summed E-state index contributed by atoms with van der Waals surface area (Å²) in [6, 6.07) is 16.5. The summed E-state index contributed by atoms with van der Waals surface area (Å²) in [5, 5.41) is 3.37. The summed E-state index contributed by atoms with van der Waals surface area (Å²) < 4.78 is 7.50. The molecule has 3 rings (SSSR count). The number of furan rings is 1. The van der Waals surface area contributed by atoms with Crippen molar-refractivity contribution in [2.45, 2.75) is 19.6 Å². The quantitative estimate of drug-likeness (QED) is 0.741. The number of rotatable bonds is 6. The molecular weight excluding hydrogens is 248 g/mol. The lowest BCUT2D eigenvalue weighted by Gasteiger charge is -2.03. The number of hydrogen-bond donors (Lipinski definition) is 1. The second-order valence-corrected chi connectivity index (χ2v) is 4.86. The third kappa shape index (κ3) is 3.39. The fourth-order valence-corrected chi connectivity index (χ4v) is 2.23. The van der Waals surface area contributed by atoms with Crippen LogP contribution < -0.4 is 5.32 Å². The van der Waals surface area contributed by atoms with Crippen molar-refractivity contribution in [3.05, 3.63) is 84.1 Å². The molecule has 0 aliphatic carbocycles. The Hall–Kier alpha value is -2.26. The average molecular weight is 266 g/mol. The fourth-order valence-electron chi connectivity index (χ4n) is 2.23. The second kappa shape index (κ2) is 6.26. The monoisotopic (exact) mass is 266 g/mol. The maximum atomic E-state index is 5.29. The molecule has 0 saturated carbocycles. The number of benzene rings is 1. The van der Waals surface area contributed by atoms with Gasteiger partial charge in [0.25, 0.3) is 0 Å². The summed E-state index contributed by atoms with van der Waals surface area (Å²) in [6.45, 7) is 2.53. The van der Waals surface area contributed by atoms with Crippen molar-refractivity contribution >= 4 is 0 Å². The number of hydrogen-bond acceptors (Lipinski definition) is 2. The highest BCUT2D eigenvalue weighted by atomic mass is 16.3. The Bertz CT molecular complexity index is 626. The molecule has 0 amide bonds. The van der Waals surface area contributed by atoms with E-state index in [1.807, 2.05) is 18.2 Å². The predicted octanol–water partition coefficient (Wildman–Crippen LogP) is 3.42. The molecule has 0 aliphatic rings. The minimum Gasteiger partial charge on any atom is -0.468 e. The average Bonchev–Trinajstić information content (AvgIpc) is 3.12. The lowest BCUT2D eigenvalue weighted by atomic mass is 10.2. The Balaban J connectivity index is 1.52. The minimum atomic E-state index is 0.761. The van der Waals surface area contributed by atoms with Crippen LogP contribution in [0.15, 0.2) is 71.6 Å². The van der Waals surface area contributed by atoms with Crippen LogP contribution in [0.1, 0.15) is 16.9 Å². The van der Waals surface area contributed by atoms with Crippen LogP contribution in [0.2, 0.25) is 0 Å². The molecule has 0 atom stereocenters. The van der Waals surface area contributed by atoms with Gasteiger partial charge in [0.1, 0.15) is 5.76 Å². The van der Waals surface area contributed by atoms with Crippen molar-refractivity contribution in [1.29, 1.82) is 0 Å². The van der Waals surface area contributed by atoms with Gasteiger partial charge in [-0.1, -0.05) is 30.3 Å². The largest absolute Gasteiger partial charge is 0.468 e. The van der Waals surface area contributed by atoms with Crippen LogP contribution in [-0.2, 0) is 19.6 Å². The molecule has 3 aromatic rings. The summed E-state index contributed by atoms with van der Waals surface area (Å²) in [6.07, 6.45) is 6.01. The summed E-state index contributed by atoms with van der Waals surface area (Å²) in [4.78, 5) is 0.